The van der Waals surface area contributed by atoms with Gasteiger partial charge in [-0.25, -0.2) is 5.43 Å². The third-order valence-corrected chi connectivity index (χ3v) is 2.64. The number of rotatable bonds is 5. The fourth-order valence-corrected chi connectivity index (χ4v) is 1.78. The zero-order chi connectivity index (χ0) is 13.1. The number of nitrogens with two attached hydrogens (primary N) is 1. The first kappa shape index (κ1) is 14.4. The average Bonchev–Trinajstić information content (AvgIpc) is 2.60. The molecule has 0 aliphatic heterocycles. The summed E-state index contributed by atoms with van der Waals surface area (Å²) in [4.78, 5) is 0. The van der Waals surface area contributed by atoms with Crippen LogP contribution in [0.5, 0.6) is 0 Å². The molecule has 0 amide bonds. The van der Waals surface area contributed by atoms with Crippen molar-refractivity contribution in [3.8, 4) is 0 Å². The third kappa shape index (κ3) is 3.96. The van der Waals surface area contributed by atoms with Gasteiger partial charge in [0.1, 0.15) is 0 Å². The molecule has 0 radical (unpaired) electrons. The van der Waals surface area contributed by atoms with Gasteiger partial charge < -0.3 is 4.74 Å². The molecule has 1 aromatic rings. The Morgan fingerprint density at radius 3 is 2.71 bits per heavy atom. The highest BCUT2D eigenvalue weighted by atomic mass is 35.5. The second kappa shape index (κ2) is 5.82. The molecule has 0 aliphatic carbocycles. The van der Waals surface area contributed by atoms with E-state index in [1.165, 1.54) is 0 Å². The summed E-state index contributed by atoms with van der Waals surface area (Å²) >= 11 is 6.11. The van der Waals surface area contributed by atoms with Crippen molar-refractivity contribution in [3.05, 3.63) is 16.9 Å². The Balaban J connectivity index is 2.82. The van der Waals surface area contributed by atoms with Crippen molar-refractivity contribution in [3.63, 3.8) is 0 Å². The lowest BCUT2D eigenvalue weighted by atomic mass is 10.1. The Labute approximate surface area is 107 Å². The van der Waals surface area contributed by atoms with Crippen molar-refractivity contribution in [2.75, 3.05) is 6.61 Å². The monoisotopic (exact) mass is 260 g/mol. The van der Waals surface area contributed by atoms with Crippen LogP contribution in [0.15, 0.2) is 6.20 Å². The molecule has 1 aromatic heterocycles. The maximum absolute atomic E-state index is 6.11. The Morgan fingerprint density at radius 1 is 1.59 bits per heavy atom. The topological polar surface area (TPSA) is 65.1 Å². The van der Waals surface area contributed by atoms with Gasteiger partial charge >= 0.3 is 0 Å². The van der Waals surface area contributed by atoms with Gasteiger partial charge in [0, 0.05) is 6.54 Å². The first-order valence-electron chi connectivity index (χ1n) is 5.70. The molecule has 1 atom stereocenters. The number of nitrogens with one attached hydrogen (secondary N) is 1. The summed E-state index contributed by atoms with van der Waals surface area (Å²) in [5, 5.41) is 4.79. The Kier molecular flexibility index (Phi) is 4.94. The molecule has 1 rings (SSSR count). The number of hydrazine groups is 1. The van der Waals surface area contributed by atoms with Gasteiger partial charge in [-0.15, -0.1) is 0 Å². The number of hydrogen-bond acceptors (Lipinski definition) is 4. The maximum atomic E-state index is 6.11. The number of hydrogen-bond donors (Lipinski definition) is 2. The van der Waals surface area contributed by atoms with Gasteiger partial charge in [0.05, 0.1) is 35.2 Å². The van der Waals surface area contributed by atoms with Crippen LogP contribution in [0.4, 0.5) is 0 Å². The van der Waals surface area contributed by atoms with Crippen molar-refractivity contribution in [2.24, 2.45) is 5.84 Å². The molecule has 0 aromatic carbocycles. The van der Waals surface area contributed by atoms with Crippen LogP contribution in [-0.4, -0.2) is 22.0 Å². The molecule has 1 unspecified atom stereocenters. The highest BCUT2D eigenvalue weighted by Gasteiger charge is 2.21. The predicted molar refractivity (Wildman–Crippen MR) is 68.7 cm³/mol. The summed E-state index contributed by atoms with van der Waals surface area (Å²) in [5.74, 6) is 5.56. The minimum absolute atomic E-state index is 0.163. The molecule has 1 heterocycles. The van der Waals surface area contributed by atoms with E-state index in [1.807, 2.05) is 32.4 Å². The lowest BCUT2D eigenvalue weighted by molar-refractivity contribution is -0.0158. The van der Waals surface area contributed by atoms with E-state index in [2.05, 4.69) is 10.5 Å². The van der Waals surface area contributed by atoms with Crippen LogP contribution in [0.2, 0.25) is 5.02 Å². The lowest BCUT2D eigenvalue weighted by Gasteiger charge is -2.24. The molecule has 0 spiro atoms. The summed E-state index contributed by atoms with van der Waals surface area (Å²) in [5.41, 5.74) is 3.37. The van der Waals surface area contributed by atoms with Crippen LogP contribution in [0.3, 0.4) is 0 Å². The zero-order valence-electron chi connectivity index (χ0n) is 10.8. The molecule has 3 N–H and O–H groups in total. The van der Waals surface area contributed by atoms with Gasteiger partial charge in [-0.2, -0.15) is 5.10 Å². The number of nitrogens with zero attached hydrogens (tertiary/aromatic N) is 2. The van der Waals surface area contributed by atoms with E-state index in [9.17, 15) is 0 Å². The molecule has 0 fully saturated rings. The predicted octanol–water partition coefficient (Wildman–Crippen LogP) is 1.88. The van der Waals surface area contributed by atoms with Gasteiger partial charge in [-0.1, -0.05) is 11.6 Å². The molecule has 0 aliphatic rings. The fourth-order valence-electron chi connectivity index (χ4n) is 1.51. The summed E-state index contributed by atoms with van der Waals surface area (Å²) in [6.07, 6.45) is 1.63. The van der Waals surface area contributed by atoms with E-state index >= 15 is 0 Å². The smallest absolute Gasteiger partial charge is 0.0877 e. The van der Waals surface area contributed by atoms with Crippen molar-refractivity contribution in [2.45, 2.75) is 45.9 Å². The highest BCUT2D eigenvalue weighted by Crippen LogP contribution is 2.23. The van der Waals surface area contributed by atoms with E-state index < -0.39 is 0 Å². The minimum Gasteiger partial charge on any atom is -0.374 e. The Morgan fingerprint density at radius 2 is 2.24 bits per heavy atom. The Bertz CT molecular complexity index is 359. The van der Waals surface area contributed by atoms with Crippen molar-refractivity contribution in [1.82, 2.24) is 15.2 Å². The van der Waals surface area contributed by atoms with Gasteiger partial charge in [-0.05, 0) is 27.7 Å². The molecule has 5 nitrogen and oxygen atoms in total. The first-order valence-corrected chi connectivity index (χ1v) is 6.08. The summed E-state index contributed by atoms with van der Waals surface area (Å²) < 4.78 is 7.54. The third-order valence-electron chi connectivity index (χ3n) is 2.35. The second-order valence-electron chi connectivity index (χ2n) is 4.84. The molecule has 17 heavy (non-hydrogen) atoms. The van der Waals surface area contributed by atoms with Crippen LogP contribution in [-0.2, 0) is 11.3 Å². The molecule has 0 bridgehead atoms. The van der Waals surface area contributed by atoms with E-state index in [0.29, 0.717) is 11.6 Å². The summed E-state index contributed by atoms with van der Waals surface area (Å²) in [6, 6.07) is -0.163. The molecule has 0 saturated heterocycles. The first-order chi connectivity index (χ1) is 7.89. The van der Waals surface area contributed by atoms with Crippen molar-refractivity contribution < 1.29 is 4.74 Å². The van der Waals surface area contributed by atoms with E-state index in [-0.39, 0.29) is 11.6 Å². The van der Waals surface area contributed by atoms with Gasteiger partial charge in [-0.3, -0.25) is 10.5 Å². The number of aromatic nitrogens is 2. The standard InChI is InChI=1S/C11H21ClN4O/c1-5-16-10(8(12)6-14-16)9(15-13)7-17-11(2,3)4/h6,9,15H,5,7,13H2,1-4H3. The van der Waals surface area contributed by atoms with Gasteiger partial charge in [0.15, 0.2) is 0 Å². The number of halogens is 1. The van der Waals surface area contributed by atoms with E-state index in [1.54, 1.807) is 6.20 Å². The minimum atomic E-state index is -0.210. The molecular weight excluding hydrogens is 240 g/mol. The van der Waals surface area contributed by atoms with E-state index in [0.717, 1.165) is 12.2 Å². The van der Waals surface area contributed by atoms with Crippen LogP contribution < -0.4 is 11.3 Å². The normalized spacial score (nSPS) is 14.0. The Hall–Kier alpha value is -0.620. The highest BCUT2D eigenvalue weighted by molar-refractivity contribution is 6.31. The molecule has 0 saturated carbocycles. The fraction of sp³-hybridized carbons (Fsp3) is 0.727. The van der Waals surface area contributed by atoms with Crippen LogP contribution in [0, 0.1) is 0 Å². The maximum Gasteiger partial charge on any atom is 0.0877 e. The number of ether oxygens (including phenoxy) is 1. The summed E-state index contributed by atoms with van der Waals surface area (Å²) in [7, 11) is 0. The average molecular weight is 261 g/mol. The van der Waals surface area contributed by atoms with Gasteiger partial charge in [0.2, 0.25) is 0 Å². The summed E-state index contributed by atoms with van der Waals surface area (Å²) in [6.45, 7) is 9.20. The SMILES string of the molecule is CCn1ncc(Cl)c1C(COC(C)(C)C)NN. The zero-order valence-corrected chi connectivity index (χ0v) is 11.6. The van der Waals surface area contributed by atoms with Crippen molar-refractivity contribution >= 4 is 11.6 Å². The molecular formula is C11H21ClN4O. The van der Waals surface area contributed by atoms with Crippen LogP contribution in [0.1, 0.15) is 39.4 Å². The number of aryl methyl sites for hydroxylation is 1. The second-order valence-corrected chi connectivity index (χ2v) is 5.24. The lowest BCUT2D eigenvalue weighted by Crippen LogP contribution is -2.35. The van der Waals surface area contributed by atoms with Crippen LogP contribution in [0.25, 0.3) is 0 Å². The van der Waals surface area contributed by atoms with Crippen LogP contribution >= 0.6 is 11.6 Å². The quantitative estimate of drug-likeness (QED) is 0.627. The van der Waals surface area contributed by atoms with Crippen molar-refractivity contribution in [1.29, 1.82) is 0 Å². The largest absolute Gasteiger partial charge is 0.374 e. The molecule has 98 valence electrons. The van der Waals surface area contributed by atoms with Gasteiger partial charge in [0.25, 0.3) is 0 Å². The van der Waals surface area contributed by atoms with E-state index in [4.69, 9.17) is 22.2 Å². The molecule has 6 heteroatoms.